The van der Waals surface area contributed by atoms with Crippen LogP contribution in [0.25, 0.3) is 6.08 Å². The van der Waals surface area contributed by atoms with Crippen molar-refractivity contribution in [1.82, 2.24) is 0 Å². The van der Waals surface area contributed by atoms with Gasteiger partial charge in [-0.25, -0.2) is 0 Å². The number of benzene rings is 2. The molecule has 0 saturated heterocycles. The van der Waals surface area contributed by atoms with Crippen LogP contribution in [0.2, 0.25) is 0 Å². The van der Waals surface area contributed by atoms with E-state index in [1.807, 2.05) is 42.1 Å². The van der Waals surface area contributed by atoms with Crippen LogP contribution in [0.3, 0.4) is 0 Å². The van der Waals surface area contributed by atoms with Crippen LogP contribution < -0.4 is 0 Å². The number of halogens is 1. The first-order valence-corrected chi connectivity index (χ1v) is 9.46. The van der Waals surface area contributed by atoms with Gasteiger partial charge in [-0.15, -0.1) is 11.8 Å². The fraction of sp³-hybridized carbons (Fsp3) is 0.211. The molecule has 2 aromatic rings. The summed E-state index contributed by atoms with van der Waals surface area (Å²) in [6, 6.07) is 16.0. The van der Waals surface area contributed by atoms with Gasteiger partial charge in [-0.1, -0.05) is 43.7 Å². The highest BCUT2D eigenvalue weighted by Gasteiger charge is 2.01. The molecule has 114 valence electrons. The van der Waals surface area contributed by atoms with Gasteiger partial charge in [0.05, 0.1) is 0 Å². The average molecular weight is 422 g/mol. The third-order valence-corrected chi connectivity index (χ3v) is 5.02. The SMILES string of the molecule is CCCCSc1ccc(/C=C/C(=O)c2ccc(I)cc2)cc1. The van der Waals surface area contributed by atoms with Gasteiger partial charge in [-0.05, 0) is 70.7 Å². The summed E-state index contributed by atoms with van der Waals surface area (Å²) in [5.74, 6) is 1.20. The van der Waals surface area contributed by atoms with Gasteiger partial charge in [0.2, 0.25) is 0 Å². The summed E-state index contributed by atoms with van der Waals surface area (Å²) in [7, 11) is 0. The van der Waals surface area contributed by atoms with Crippen LogP contribution in [-0.4, -0.2) is 11.5 Å². The molecule has 0 saturated carbocycles. The summed E-state index contributed by atoms with van der Waals surface area (Å²) in [4.78, 5) is 13.4. The van der Waals surface area contributed by atoms with Gasteiger partial charge in [-0.3, -0.25) is 4.79 Å². The first-order valence-electron chi connectivity index (χ1n) is 7.40. The van der Waals surface area contributed by atoms with Crippen molar-refractivity contribution in [2.45, 2.75) is 24.7 Å². The predicted molar refractivity (Wildman–Crippen MR) is 105 cm³/mol. The first kappa shape index (κ1) is 17.3. The average Bonchev–Trinajstić information content (AvgIpc) is 2.55. The minimum Gasteiger partial charge on any atom is -0.289 e. The Kier molecular flexibility index (Phi) is 7.19. The molecule has 0 heterocycles. The van der Waals surface area contributed by atoms with Crippen molar-refractivity contribution in [3.8, 4) is 0 Å². The normalized spacial score (nSPS) is 11.0. The quantitative estimate of drug-likeness (QED) is 0.177. The highest BCUT2D eigenvalue weighted by Crippen LogP contribution is 2.20. The lowest BCUT2D eigenvalue weighted by molar-refractivity contribution is 0.104. The van der Waals surface area contributed by atoms with Gasteiger partial charge in [-0.2, -0.15) is 0 Å². The number of rotatable bonds is 7. The number of carbonyl (C=O) groups is 1. The minimum atomic E-state index is 0.0396. The number of hydrogen-bond acceptors (Lipinski definition) is 2. The molecule has 0 amide bonds. The third-order valence-electron chi connectivity index (χ3n) is 3.20. The summed E-state index contributed by atoms with van der Waals surface area (Å²) >= 11 is 4.12. The second-order valence-electron chi connectivity index (χ2n) is 4.98. The van der Waals surface area contributed by atoms with E-state index >= 15 is 0 Å². The van der Waals surface area contributed by atoms with Gasteiger partial charge in [0.1, 0.15) is 0 Å². The van der Waals surface area contributed by atoms with E-state index in [2.05, 4.69) is 53.8 Å². The maximum Gasteiger partial charge on any atom is 0.185 e. The van der Waals surface area contributed by atoms with E-state index in [-0.39, 0.29) is 5.78 Å². The molecule has 0 aliphatic heterocycles. The zero-order chi connectivity index (χ0) is 15.8. The molecule has 0 aromatic heterocycles. The largest absolute Gasteiger partial charge is 0.289 e. The summed E-state index contributed by atoms with van der Waals surface area (Å²) < 4.78 is 1.13. The van der Waals surface area contributed by atoms with E-state index < -0.39 is 0 Å². The van der Waals surface area contributed by atoms with E-state index in [0.29, 0.717) is 0 Å². The second-order valence-corrected chi connectivity index (χ2v) is 7.39. The second kappa shape index (κ2) is 9.16. The lowest BCUT2D eigenvalue weighted by atomic mass is 10.1. The van der Waals surface area contributed by atoms with Crippen molar-refractivity contribution in [3.05, 3.63) is 69.3 Å². The standard InChI is InChI=1S/C19H19IOS/c1-2-3-14-22-18-11-4-15(5-12-18)6-13-19(21)16-7-9-17(20)10-8-16/h4-13H,2-3,14H2,1H3/b13-6+. The summed E-state index contributed by atoms with van der Waals surface area (Å²) in [5, 5.41) is 0. The molecule has 0 aliphatic carbocycles. The van der Waals surface area contributed by atoms with Crippen LogP contribution in [0.1, 0.15) is 35.7 Å². The Morgan fingerprint density at radius 2 is 1.77 bits per heavy atom. The van der Waals surface area contributed by atoms with Crippen LogP contribution in [0.5, 0.6) is 0 Å². The maximum atomic E-state index is 12.1. The molecule has 0 bridgehead atoms. The molecular weight excluding hydrogens is 403 g/mol. The monoisotopic (exact) mass is 422 g/mol. The highest BCUT2D eigenvalue weighted by molar-refractivity contribution is 14.1. The molecule has 22 heavy (non-hydrogen) atoms. The van der Waals surface area contributed by atoms with Crippen LogP contribution in [0.4, 0.5) is 0 Å². The lowest BCUT2D eigenvalue weighted by Crippen LogP contribution is -1.93. The molecule has 0 aliphatic rings. The van der Waals surface area contributed by atoms with E-state index in [1.165, 1.54) is 17.7 Å². The molecule has 0 radical (unpaired) electrons. The van der Waals surface area contributed by atoms with Crippen molar-refractivity contribution in [2.24, 2.45) is 0 Å². The molecule has 0 atom stereocenters. The van der Waals surface area contributed by atoms with Gasteiger partial charge in [0, 0.05) is 14.0 Å². The van der Waals surface area contributed by atoms with E-state index in [9.17, 15) is 4.79 Å². The lowest BCUT2D eigenvalue weighted by Gasteiger charge is -2.01. The summed E-state index contributed by atoms with van der Waals surface area (Å²) in [5.41, 5.74) is 1.78. The first-order chi connectivity index (χ1) is 10.7. The Morgan fingerprint density at radius 3 is 2.41 bits per heavy atom. The van der Waals surface area contributed by atoms with Crippen molar-refractivity contribution in [1.29, 1.82) is 0 Å². The van der Waals surface area contributed by atoms with Crippen LogP contribution >= 0.6 is 34.4 Å². The smallest absolute Gasteiger partial charge is 0.185 e. The van der Waals surface area contributed by atoms with Gasteiger partial charge < -0.3 is 0 Å². The predicted octanol–water partition coefficient (Wildman–Crippen LogP) is 6.08. The Hall–Kier alpha value is -1.07. The van der Waals surface area contributed by atoms with E-state index in [0.717, 1.165) is 20.4 Å². The molecule has 0 N–H and O–H groups in total. The zero-order valence-electron chi connectivity index (χ0n) is 12.6. The topological polar surface area (TPSA) is 17.1 Å². The number of thioether (sulfide) groups is 1. The Labute approximate surface area is 150 Å². The van der Waals surface area contributed by atoms with Crippen LogP contribution in [0.15, 0.2) is 59.5 Å². The van der Waals surface area contributed by atoms with E-state index in [4.69, 9.17) is 0 Å². The number of carbonyl (C=O) groups excluding carboxylic acids is 1. The number of ketones is 1. The molecule has 0 spiro atoms. The molecular formula is C19H19IOS. The summed E-state index contributed by atoms with van der Waals surface area (Å²) in [6.45, 7) is 2.21. The fourth-order valence-corrected chi connectivity index (χ4v) is 3.25. The van der Waals surface area contributed by atoms with Crippen LogP contribution in [-0.2, 0) is 0 Å². The molecule has 0 fully saturated rings. The van der Waals surface area contributed by atoms with Crippen LogP contribution in [0, 0.1) is 3.57 Å². The number of allylic oxidation sites excluding steroid dienone is 1. The molecule has 2 rings (SSSR count). The number of unbranched alkanes of at least 4 members (excludes halogenated alkanes) is 1. The maximum absolute atomic E-state index is 12.1. The van der Waals surface area contributed by atoms with Gasteiger partial charge in [0.25, 0.3) is 0 Å². The van der Waals surface area contributed by atoms with Gasteiger partial charge >= 0.3 is 0 Å². The Morgan fingerprint density at radius 1 is 1.09 bits per heavy atom. The Bertz CT molecular complexity index is 629. The van der Waals surface area contributed by atoms with Crippen molar-refractivity contribution < 1.29 is 4.79 Å². The molecule has 3 heteroatoms. The van der Waals surface area contributed by atoms with Gasteiger partial charge in [0.15, 0.2) is 5.78 Å². The van der Waals surface area contributed by atoms with Crippen molar-refractivity contribution in [2.75, 3.05) is 5.75 Å². The molecule has 2 aromatic carbocycles. The highest BCUT2D eigenvalue weighted by atomic mass is 127. The number of hydrogen-bond donors (Lipinski definition) is 0. The third kappa shape index (κ3) is 5.61. The summed E-state index contributed by atoms with van der Waals surface area (Å²) in [6.07, 6.45) is 5.99. The zero-order valence-corrected chi connectivity index (χ0v) is 15.6. The molecule has 1 nitrogen and oxygen atoms in total. The van der Waals surface area contributed by atoms with Crippen molar-refractivity contribution >= 4 is 46.2 Å². The molecule has 0 unspecified atom stereocenters. The van der Waals surface area contributed by atoms with E-state index in [1.54, 1.807) is 6.08 Å². The van der Waals surface area contributed by atoms with Crippen molar-refractivity contribution in [3.63, 3.8) is 0 Å². The minimum absolute atomic E-state index is 0.0396. The Balaban J connectivity index is 1.95. The fourth-order valence-electron chi connectivity index (χ4n) is 1.89.